The van der Waals surface area contributed by atoms with Crippen LogP contribution in [0.2, 0.25) is 5.02 Å². The molecule has 2 nitrogen and oxygen atoms in total. The summed E-state index contributed by atoms with van der Waals surface area (Å²) >= 11 is 5.85. The Morgan fingerprint density at radius 1 is 0.941 bits per heavy atom. The molecular weight excluding hydrogens is 234 g/mol. The molecule has 0 bridgehead atoms. The summed E-state index contributed by atoms with van der Waals surface area (Å²) in [6.45, 7) is 0. The van der Waals surface area contributed by atoms with Crippen molar-refractivity contribution in [3.63, 3.8) is 0 Å². The maximum absolute atomic E-state index is 5.85. The predicted molar refractivity (Wildman–Crippen MR) is 71.1 cm³/mol. The molecule has 0 radical (unpaired) electrons. The molecule has 0 spiro atoms. The average molecular weight is 244 g/mol. The van der Waals surface area contributed by atoms with Gasteiger partial charge in [0.2, 0.25) is 0 Å². The van der Waals surface area contributed by atoms with Gasteiger partial charge in [0.15, 0.2) is 0 Å². The molecule has 0 unspecified atom stereocenters. The van der Waals surface area contributed by atoms with Gasteiger partial charge in [0.05, 0.1) is 0 Å². The van der Waals surface area contributed by atoms with E-state index in [4.69, 9.17) is 21.8 Å². The maximum atomic E-state index is 5.85. The van der Waals surface area contributed by atoms with Crippen LogP contribution >= 0.6 is 11.6 Å². The highest BCUT2D eigenvalue weighted by atomic mass is 35.5. The van der Waals surface area contributed by atoms with Crippen LogP contribution in [0.3, 0.4) is 0 Å². The van der Waals surface area contributed by atoms with Gasteiger partial charge in [0.25, 0.3) is 0 Å². The summed E-state index contributed by atoms with van der Waals surface area (Å²) in [6, 6.07) is 15.2. The number of hydrogen-bond donors (Lipinski definition) is 1. The molecule has 0 fully saturated rings. The lowest BCUT2D eigenvalue weighted by molar-refractivity contribution is 0.631. The molecule has 0 amide bonds. The lowest BCUT2D eigenvalue weighted by atomic mass is 10.1. The van der Waals surface area contributed by atoms with E-state index in [2.05, 4.69) is 0 Å². The summed E-state index contributed by atoms with van der Waals surface area (Å²) in [4.78, 5) is 0. The largest absolute Gasteiger partial charge is 0.456 e. The first-order chi connectivity index (χ1) is 8.22. The van der Waals surface area contributed by atoms with Crippen molar-refractivity contribution in [2.75, 3.05) is 5.73 Å². The number of nitrogen functional groups attached to an aromatic ring is 1. The lowest BCUT2D eigenvalue weighted by Gasteiger charge is -1.95. The van der Waals surface area contributed by atoms with Crippen molar-refractivity contribution >= 4 is 28.3 Å². The van der Waals surface area contributed by atoms with Gasteiger partial charge in [-0.05, 0) is 48.5 Å². The monoisotopic (exact) mass is 243 g/mol. The van der Waals surface area contributed by atoms with Gasteiger partial charge in [0.1, 0.15) is 11.3 Å². The highest BCUT2D eigenvalue weighted by Gasteiger charge is 2.06. The number of halogens is 1. The standard InChI is InChI=1S/C14H10ClNO/c15-11-3-1-9(2-4-11)14-8-10-7-12(16)5-6-13(10)17-14/h1-8H,16H2. The Morgan fingerprint density at radius 3 is 2.47 bits per heavy atom. The highest BCUT2D eigenvalue weighted by Crippen LogP contribution is 2.29. The minimum Gasteiger partial charge on any atom is -0.456 e. The number of hydrogen-bond acceptors (Lipinski definition) is 2. The summed E-state index contributed by atoms with van der Waals surface area (Å²) in [5.41, 5.74) is 8.31. The molecular formula is C14H10ClNO. The third kappa shape index (κ3) is 1.87. The fourth-order valence-electron chi connectivity index (χ4n) is 1.82. The molecule has 0 saturated carbocycles. The van der Waals surface area contributed by atoms with E-state index in [9.17, 15) is 0 Å². The van der Waals surface area contributed by atoms with Crippen LogP contribution in [0.25, 0.3) is 22.3 Å². The molecule has 2 N–H and O–H groups in total. The molecule has 3 rings (SSSR count). The Morgan fingerprint density at radius 2 is 1.71 bits per heavy atom. The topological polar surface area (TPSA) is 39.2 Å². The summed E-state index contributed by atoms with van der Waals surface area (Å²) < 4.78 is 5.75. The zero-order valence-electron chi connectivity index (χ0n) is 8.98. The first-order valence-corrected chi connectivity index (χ1v) is 5.65. The molecule has 0 aliphatic carbocycles. The fourth-order valence-corrected chi connectivity index (χ4v) is 1.94. The Balaban J connectivity index is 2.14. The Bertz CT molecular complexity index is 670. The minimum absolute atomic E-state index is 0.717. The van der Waals surface area contributed by atoms with Gasteiger partial charge in [-0.3, -0.25) is 0 Å². The van der Waals surface area contributed by atoms with Crippen LogP contribution in [0.15, 0.2) is 52.9 Å². The van der Waals surface area contributed by atoms with E-state index in [0.717, 1.165) is 28.0 Å². The molecule has 84 valence electrons. The van der Waals surface area contributed by atoms with Gasteiger partial charge in [-0.15, -0.1) is 0 Å². The van der Waals surface area contributed by atoms with Crippen LogP contribution in [-0.4, -0.2) is 0 Å². The van der Waals surface area contributed by atoms with Gasteiger partial charge >= 0.3 is 0 Å². The molecule has 1 heterocycles. The first-order valence-electron chi connectivity index (χ1n) is 5.27. The molecule has 17 heavy (non-hydrogen) atoms. The van der Waals surface area contributed by atoms with Gasteiger partial charge in [-0.25, -0.2) is 0 Å². The third-order valence-corrected chi connectivity index (χ3v) is 2.92. The quantitative estimate of drug-likeness (QED) is 0.646. The van der Waals surface area contributed by atoms with Gasteiger partial charge in [-0.1, -0.05) is 11.6 Å². The molecule has 0 atom stereocenters. The van der Waals surface area contributed by atoms with Crippen molar-refractivity contribution in [1.82, 2.24) is 0 Å². The van der Waals surface area contributed by atoms with Crippen molar-refractivity contribution in [3.05, 3.63) is 53.6 Å². The number of nitrogens with two attached hydrogens (primary N) is 1. The summed E-state index contributed by atoms with van der Waals surface area (Å²) in [5.74, 6) is 0.822. The van der Waals surface area contributed by atoms with E-state index in [-0.39, 0.29) is 0 Å². The van der Waals surface area contributed by atoms with Crippen molar-refractivity contribution in [2.24, 2.45) is 0 Å². The number of rotatable bonds is 1. The SMILES string of the molecule is Nc1ccc2oc(-c3ccc(Cl)cc3)cc2c1. The molecule has 1 aromatic heterocycles. The summed E-state index contributed by atoms with van der Waals surface area (Å²) in [6.07, 6.45) is 0. The van der Waals surface area contributed by atoms with Crippen LogP contribution in [0.5, 0.6) is 0 Å². The molecule has 0 saturated heterocycles. The summed E-state index contributed by atoms with van der Waals surface area (Å²) in [7, 11) is 0. The number of furan rings is 1. The van der Waals surface area contributed by atoms with Crippen molar-refractivity contribution in [2.45, 2.75) is 0 Å². The molecule has 3 aromatic rings. The predicted octanol–water partition coefficient (Wildman–Crippen LogP) is 4.34. The first kappa shape index (κ1) is 10.2. The van der Waals surface area contributed by atoms with E-state index in [1.54, 1.807) is 0 Å². The van der Waals surface area contributed by atoms with Gasteiger partial charge < -0.3 is 10.2 Å². The van der Waals surface area contributed by atoms with Gasteiger partial charge in [0, 0.05) is 21.7 Å². The van der Waals surface area contributed by atoms with Crippen LogP contribution in [-0.2, 0) is 0 Å². The van der Waals surface area contributed by atoms with Crippen LogP contribution < -0.4 is 5.73 Å². The Labute approximate surface area is 104 Å². The van der Waals surface area contributed by atoms with Crippen LogP contribution in [0, 0.1) is 0 Å². The smallest absolute Gasteiger partial charge is 0.135 e. The normalized spacial score (nSPS) is 10.9. The van der Waals surface area contributed by atoms with Crippen molar-refractivity contribution in [3.8, 4) is 11.3 Å². The second kappa shape index (κ2) is 3.82. The fraction of sp³-hybridized carbons (Fsp3) is 0. The second-order valence-electron chi connectivity index (χ2n) is 3.91. The third-order valence-electron chi connectivity index (χ3n) is 2.67. The zero-order chi connectivity index (χ0) is 11.8. The molecule has 2 aromatic carbocycles. The lowest BCUT2D eigenvalue weighted by Crippen LogP contribution is -1.80. The van der Waals surface area contributed by atoms with Crippen molar-refractivity contribution in [1.29, 1.82) is 0 Å². The van der Waals surface area contributed by atoms with E-state index in [1.165, 1.54) is 0 Å². The maximum Gasteiger partial charge on any atom is 0.135 e. The average Bonchev–Trinajstić information content (AvgIpc) is 2.72. The van der Waals surface area contributed by atoms with Crippen LogP contribution in [0.1, 0.15) is 0 Å². The van der Waals surface area contributed by atoms with E-state index in [1.807, 2.05) is 48.5 Å². The summed E-state index contributed by atoms with van der Waals surface area (Å²) in [5, 5.41) is 1.73. The number of benzene rings is 2. The number of anilines is 1. The second-order valence-corrected chi connectivity index (χ2v) is 4.35. The Hall–Kier alpha value is -1.93. The van der Waals surface area contributed by atoms with Gasteiger partial charge in [-0.2, -0.15) is 0 Å². The van der Waals surface area contributed by atoms with Crippen molar-refractivity contribution < 1.29 is 4.42 Å². The highest BCUT2D eigenvalue weighted by molar-refractivity contribution is 6.30. The van der Waals surface area contributed by atoms with Crippen LogP contribution in [0.4, 0.5) is 5.69 Å². The molecule has 3 heteroatoms. The van der Waals surface area contributed by atoms with E-state index < -0.39 is 0 Å². The molecule has 0 aliphatic heterocycles. The van der Waals surface area contributed by atoms with E-state index in [0.29, 0.717) is 5.02 Å². The zero-order valence-corrected chi connectivity index (χ0v) is 9.74. The van der Waals surface area contributed by atoms with E-state index >= 15 is 0 Å². The minimum atomic E-state index is 0.717. The molecule has 0 aliphatic rings. The number of fused-ring (bicyclic) bond motifs is 1. The Kier molecular flexibility index (Phi) is 2.30.